The lowest BCUT2D eigenvalue weighted by atomic mass is 10.1. The number of fused-ring (bicyclic) bond motifs is 2. The minimum Gasteiger partial charge on any atom is -0.477 e. The quantitative estimate of drug-likeness (QED) is 0.683. The minimum atomic E-state index is -0.456. The summed E-state index contributed by atoms with van der Waals surface area (Å²) < 4.78 is 26.4. The molecule has 0 bridgehead atoms. The Hall–Kier alpha value is -2.89. The van der Waals surface area contributed by atoms with Crippen LogP contribution < -0.4 is 4.74 Å². The Bertz CT molecular complexity index is 933. The number of methoxy groups -OCH3 is 1. The van der Waals surface area contributed by atoms with Gasteiger partial charge in [-0.2, -0.15) is 0 Å². The van der Waals surface area contributed by atoms with Crippen LogP contribution in [0, 0.1) is 5.82 Å². The van der Waals surface area contributed by atoms with E-state index in [9.17, 15) is 9.18 Å². The molecule has 0 fully saturated rings. The molecule has 0 saturated heterocycles. The summed E-state index contributed by atoms with van der Waals surface area (Å²) in [5.74, 6) is -0.465. The molecular weight excluding hydrogens is 299 g/mol. The van der Waals surface area contributed by atoms with Gasteiger partial charge < -0.3 is 14.0 Å². The minimum absolute atomic E-state index is 0.374. The third kappa shape index (κ3) is 1.98. The topological polar surface area (TPSA) is 53.4 Å². The van der Waals surface area contributed by atoms with Gasteiger partial charge in [-0.1, -0.05) is 18.2 Å². The predicted octanol–water partition coefficient (Wildman–Crippen LogP) is 2.89. The van der Waals surface area contributed by atoms with Gasteiger partial charge in [-0.25, -0.2) is 14.2 Å². The summed E-state index contributed by atoms with van der Waals surface area (Å²) in [7, 11) is 1.33. The van der Waals surface area contributed by atoms with E-state index in [0.717, 1.165) is 11.7 Å². The molecule has 0 spiro atoms. The smallest absolute Gasteiger partial charge is 0.340 e. The van der Waals surface area contributed by atoms with E-state index in [2.05, 4.69) is 4.98 Å². The number of pyridine rings is 1. The van der Waals surface area contributed by atoms with E-state index < -0.39 is 11.8 Å². The van der Waals surface area contributed by atoms with Crippen molar-refractivity contribution in [1.29, 1.82) is 0 Å². The molecule has 2 aromatic heterocycles. The average molecular weight is 312 g/mol. The number of nitrogens with zero attached hydrogens (tertiary/aromatic N) is 2. The molecule has 116 valence electrons. The summed E-state index contributed by atoms with van der Waals surface area (Å²) >= 11 is 0. The van der Waals surface area contributed by atoms with Gasteiger partial charge in [-0.3, -0.25) is 0 Å². The van der Waals surface area contributed by atoms with E-state index in [1.54, 1.807) is 10.8 Å². The second kappa shape index (κ2) is 5.08. The second-order valence-electron chi connectivity index (χ2n) is 5.26. The molecule has 1 aliphatic rings. The van der Waals surface area contributed by atoms with Crippen LogP contribution in [0.4, 0.5) is 4.39 Å². The molecule has 0 saturated carbocycles. The van der Waals surface area contributed by atoms with Gasteiger partial charge in [-0.05, 0) is 6.07 Å². The number of carbonyl (C=O) groups is 1. The number of halogens is 1. The van der Waals surface area contributed by atoms with Gasteiger partial charge in [0.1, 0.15) is 0 Å². The average Bonchev–Trinajstić information content (AvgIpc) is 3.19. The van der Waals surface area contributed by atoms with Crippen LogP contribution in [0.25, 0.3) is 16.6 Å². The number of rotatable bonds is 2. The fraction of sp³-hybridized carbons (Fsp3) is 0.176. The fourth-order valence-corrected chi connectivity index (χ4v) is 3.00. The molecule has 3 heterocycles. The summed E-state index contributed by atoms with van der Waals surface area (Å²) in [5, 5.41) is 0.711. The molecule has 1 aliphatic heterocycles. The van der Waals surface area contributed by atoms with E-state index in [1.807, 2.05) is 24.3 Å². The lowest BCUT2D eigenvalue weighted by Gasteiger charge is -2.10. The van der Waals surface area contributed by atoms with Crippen LogP contribution in [0.5, 0.6) is 5.88 Å². The summed E-state index contributed by atoms with van der Waals surface area (Å²) in [6.07, 6.45) is 3.33. The van der Waals surface area contributed by atoms with Crippen molar-refractivity contribution in [2.75, 3.05) is 13.7 Å². The lowest BCUT2D eigenvalue weighted by molar-refractivity contribution is 0.0603. The standard InChI is InChI=1S/C17H13FN2O3/c1-22-17(21)12-9-20(14-5-3-2-4-10(12)14)15-11-6-7-23-16(11)19-8-13(15)18/h2-5,8-9H,6-7H2,1H3. The molecule has 0 atom stereocenters. The highest BCUT2D eigenvalue weighted by Crippen LogP contribution is 2.34. The molecule has 0 radical (unpaired) electrons. The van der Waals surface area contributed by atoms with Crippen molar-refractivity contribution in [1.82, 2.24) is 9.55 Å². The van der Waals surface area contributed by atoms with Gasteiger partial charge in [0, 0.05) is 23.6 Å². The van der Waals surface area contributed by atoms with Crippen LogP contribution in [-0.2, 0) is 11.2 Å². The highest BCUT2D eigenvalue weighted by atomic mass is 19.1. The lowest BCUT2D eigenvalue weighted by Crippen LogP contribution is -2.03. The number of hydrogen-bond acceptors (Lipinski definition) is 4. The monoisotopic (exact) mass is 312 g/mol. The highest BCUT2D eigenvalue weighted by Gasteiger charge is 2.25. The molecule has 4 rings (SSSR count). The van der Waals surface area contributed by atoms with Crippen molar-refractivity contribution in [3.05, 3.63) is 53.6 Å². The third-order valence-corrected chi connectivity index (χ3v) is 4.01. The Morgan fingerprint density at radius 1 is 1.39 bits per heavy atom. The SMILES string of the molecule is COC(=O)c1cn(-c2c(F)cnc3c2CCO3)c2ccccc12. The van der Waals surface area contributed by atoms with Crippen LogP contribution in [0.3, 0.4) is 0 Å². The molecule has 23 heavy (non-hydrogen) atoms. The summed E-state index contributed by atoms with van der Waals surface area (Å²) in [6, 6.07) is 7.32. The molecule has 0 N–H and O–H groups in total. The van der Waals surface area contributed by atoms with Gasteiger partial charge in [0.25, 0.3) is 0 Å². The molecule has 5 nitrogen and oxygen atoms in total. The first-order valence-electron chi connectivity index (χ1n) is 7.19. The number of carbonyl (C=O) groups excluding carboxylic acids is 1. The largest absolute Gasteiger partial charge is 0.477 e. The van der Waals surface area contributed by atoms with E-state index in [1.165, 1.54) is 7.11 Å². The second-order valence-corrected chi connectivity index (χ2v) is 5.26. The summed E-state index contributed by atoms with van der Waals surface area (Å²) in [5.41, 5.74) is 2.21. The first-order valence-corrected chi connectivity index (χ1v) is 7.19. The van der Waals surface area contributed by atoms with Gasteiger partial charge in [0.15, 0.2) is 5.82 Å². The van der Waals surface area contributed by atoms with Gasteiger partial charge in [0.05, 0.1) is 36.7 Å². The van der Waals surface area contributed by atoms with Crippen LogP contribution >= 0.6 is 0 Å². The number of para-hydroxylation sites is 1. The zero-order valence-electron chi connectivity index (χ0n) is 12.4. The first-order chi connectivity index (χ1) is 11.2. The predicted molar refractivity (Wildman–Crippen MR) is 81.6 cm³/mol. The molecule has 1 aromatic carbocycles. The number of esters is 1. The van der Waals surface area contributed by atoms with E-state index in [4.69, 9.17) is 9.47 Å². The molecule has 0 unspecified atom stereocenters. The van der Waals surface area contributed by atoms with Crippen molar-refractivity contribution in [2.45, 2.75) is 6.42 Å². The van der Waals surface area contributed by atoms with Crippen LogP contribution in [-0.4, -0.2) is 29.2 Å². The zero-order chi connectivity index (χ0) is 16.0. The molecule has 6 heteroatoms. The van der Waals surface area contributed by atoms with Crippen molar-refractivity contribution >= 4 is 16.9 Å². The fourth-order valence-electron chi connectivity index (χ4n) is 3.00. The summed E-state index contributed by atoms with van der Waals surface area (Å²) in [4.78, 5) is 16.0. The number of hydrogen-bond donors (Lipinski definition) is 0. The molecule has 0 amide bonds. The summed E-state index contributed by atoms with van der Waals surface area (Å²) in [6.45, 7) is 0.474. The maximum Gasteiger partial charge on any atom is 0.340 e. The Kier molecular flexibility index (Phi) is 3.04. The Morgan fingerprint density at radius 2 is 2.22 bits per heavy atom. The van der Waals surface area contributed by atoms with Crippen molar-refractivity contribution in [2.24, 2.45) is 0 Å². The van der Waals surface area contributed by atoms with E-state index in [-0.39, 0.29) is 0 Å². The molecule has 0 aliphatic carbocycles. The zero-order valence-corrected chi connectivity index (χ0v) is 12.4. The Balaban J connectivity index is 2.05. The maximum atomic E-state index is 14.5. The van der Waals surface area contributed by atoms with Crippen LogP contribution in [0.2, 0.25) is 0 Å². The van der Waals surface area contributed by atoms with E-state index in [0.29, 0.717) is 41.1 Å². The van der Waals surface area contributed by atoms with Crippen molar-refractivity contribution in [3.8, 4) is 11.6 Å². The van der Waals surface area contributed by atoms with Gasteiger partial charge in [-0.15, -0.1) is 0 Å². The maximum absolute atomic E-state index is 14.5. The number of ether oxygens (including phenoxy) is 2. The van der Waals surface area contributed by atoms with E-state index >= 15 is 0 Å². The van der Waals surface area contributed by atoms with Crippen LogP contribution in [0.1, 0.15) is 15.9 Å². The molecular formula is C17H13FN2O3. The van der Waals surface area contributed by atoms with Crippen LogP contribution in [0.15, 0.2) is 36.7 Å². The number of aromatic nitrogens is 2. The Labute approximate surface area is 131 Å². The van der Waals surface area contributed by atoms with Crippen molar-refractivity contribution < 1.29 is 18.7 Å². The highest BCUT2D eigenvalue weighted by molar-refractivity contribution is 6.04. The normalized spacial score (nSPS) is 13.0. The molecule has 3 aromatic rings. The Morgan fingerprint density at radius 3 is 3.04 bits per heavy atom. The van der Waals surface area contributed by atoms with Gasteiger partial charge >= 0.3 is 5.97 Å². The van der Waals surface area contributed by atoms with Crippen molar-refractivity contribution in [3.63, 3.8) is 0 Å². The third-order valence-electron chi connectivity index (χ3n) is 4.01. The first kappa shape index (κ1) is 13.8. The van der Waals surface area contributed by atoms with Gasteiger partial charge in [0.2, 0.25) is 5.88 Å². The number of benzene rings is 1.